The van der Waals surface area contributed by atoms with E-state index in [1.165, 1.54) is 0 Å². The maximum atomic E-state index is 10.1. The van der Waals surface area contributed by atoms with E-state index < -0.39 is 0 Å². The smallest absolute Gasteiger partial charge is 0.209 e. The van der Waals surface area contributed by atoms with Gasteiger partial charge in [-0.05, 0) is 11.8 Å². The Balaban J connectivity index is 0. The van der Waals surface area contributed by atoms with Crippen molar-refractivity contribution >= 4 is 6.41 Å². The highest BCUT2D eigenvalue weighted by Gasteiger charge is 2.09. The first-order chi connectivity index (χ1) is 5.45. The molecule has 0 aromatic heterocycles. The van der Waals surface area contributed by atoms with Crippen LogP contribution in [0.5, 0.6) is 0 Å². The third kappa shape index (κ3) is 12.2. The monoisotopic (exact) mass is 173 g/mol. The molecule has 2 heteroatoms. The molecular weight excluding hydrogens is 150 g/mol. The molecule has 12 heavy (non-hydrogen) atoms. The largest absolute Gasteiger partial charge is 0.348 e. The zero-order valence-electron chi connectivity index (χ0n) is 9.35. The van der Waals surface area contributed by atoms with Crippen LogP contribution >= 0.6 is 0 Å². The number of rotatable bonds is 3. The van der Waals surface area contributed by atoms with Gasteiger partial charge in [0.1, 0.15) is 0 Å². The van der Waals surface area contributed by atoms with E-state index in [9.17, 15) is 4.79 Å². The molecule has 0 rings (SSSR count). The van der Waals surface area contributed by atoms with E-state index in [0.29, 0.717) is 5.41 Å². The van der Waals surface area contributed by atoms with Crippen molar-refractivity contribution in [2.75, 3.05) is 13.6 Å². The first-order valence-corrected chi connectivity index (χ1v) is 4.61. The standard InChI is InChI=1S/C8H17NO.C2H6/c1-8(2,3)5-6-9(4)7-10;1-2/h7H,5-6H2,1-4H3;1-2H3. The van der Waals surface area contributed by atoms with Gasteiger partial charge < -0.3 is 4.90 Å². The molecule has 0 heterocycles. The molecule has 0 radical (unpaired) electrons. The number of amides is 1. The minimum absolute atomic E-state index is 0.331. The molecule has 2 nitrogen and oxygen atoms in total. The Labute approximate surface area is 77.0 Å². The van der Waals surface area contributed by atoms with Crippen molar-refractivity contribution in [1.82, 2.24) is 4.90 Å². The van der Waals surface area contributed by atoms with Gasteiger partial charge in [-0.3, -0.25) is 4.79 Å². The normalized spacial score (nSPS) is 9.83. The van der Waals surface area contributed by atoms with Crippen molar-refractivity contribution in [3.8, 4) is 0 Å². The van der Waals surface area contributed by atoms with Crippen LogP contribution in [0.15, 0.2) is 0 Å². The summed E-state index contributed by atoms with van der Waals surface area (Å²) in [6, 6.07) is 0. The summed E-state index contributed by atoms with van der Waals surface area (Å²) < 4.78 is 0. The predicted octanol–water partition coefficient (Wildman–Crippen LogP) is 2.54. The van der Waals surface area contributed by atoms with E-state index in [-0.39, 0.29) is 0 Å². The van der Waals surface area contributed by atoms with Crippen molar-refractivity contribution in [2.45, 2.75) is 41.0 Å². The van der Waals surface area contributed by atoms with Gasteiger partial charge in [-0.1, -0.05) is 34.6 Å². The van der Waals surface area contributed by atoms with Crippen molar-refractivity contribution in [3.05, 3.63) is 0 Å². The van der Waals surface area contributed by atoms with Gasteiger partial charge in [-0.2, -0.15) is 0 Å². The third-order valence-electron chi connectivity index (χ3n) is 1.39. The highest BCUT2D eigenvalue weighted by molar-refractivity contribution is 5.46. The number of nitrogens with zero attached hydrogens (tertiary/aromatic N) is 1. The zero-order valence-corrected chi connectivity index (χ0v) is 9.35. The molecule has 0 spiro atoms. The molecule has 0 aliphatic carbocycles. The zero-order chi connectivity index (χ0) is 10.2. The minimum atomic E-state index is 0.331. The third-order valence-corrected chi connectivity index (χ3v) is 1.39. The van der Waals surface area contributed by atoms with Crippen LogP contribution in [0.4, 0.5) is 0 Å². The lowest BCUT2D eigenvalue weighted by Crippen LogP contribution is -2.21. The van der Waals surface area contributed by atoms with Crippen LogP contribution < -0.4 is 0 Å². The number of carbonyl (C=O) groups is 1. The van der Waals surface area contributed by atoms with Gasteiger partial charge in [0.05, 0.1) is 0 Å². The summed E-state index contributed by atoms with van der Waals surface area (Å²) in [5.41, 5.74) is 0.331. The summed E-state index contributed by atoms with van der Waals surface area (Å²) in [6.45, 7) is 11.4. The topological polar surface area (TPSA) is 20.3 Å². The predicted molar refractivity (Wildman–Crippen MR) is 54.1 cm³/mol. The van der Waals surface area contributed by atoms with E-state index in [1.807, 2.05) is 13.8 Å². The average Bonchev–Trinajstić information content (AvgIpc) is 2.03. The molecule has 0 aromatic rings. The van der Waals surface area contributed by atoms with Crippen LogP contribution in [-0.4, -0.2) is 24.9 Å². The first-order valence-electron chi connectivity index (χ1n) is 4.61. The molecule has 0 saturated heterocycles. The molecule has 0 N–H and O–H groups in total. The van der Waals surface area contributed by atoms with E-state index in [2.05, 4.69) is 20.8 Å². The fraction of sp³-hybridized carbons (Fsp3) is 0.900. The maximum Gasteiger partial charge on any atom is 0.209 e. The Bertz CT molecular complexity index is 105. The summed E-state index contributed by atoms with van der Waals surface area (Å²) in [6.07, 6.45) is 1.92. The molecular formula is C10H23NO. The van der Waals surface area contributed by atoms with E-state index in [0.717, 1.165) is 19.4 Å². The van der Waals surface area contributed by atoms with Crippen LogP contribution in [-0.2, 0) is 4.79 Å². The Hall–Kier alpha value is -0.530. The van der Waals surface area contributed by atoms with Crippen LogP contribution in [0.3, 0.4) is 0 Å². The Morgan fingerprint density at radius 2 is 1.67 bits per heavy atom. The second-order valence-corrected chi connectivity index (χ2v) is 3.90. The summed E-state index contributed by atoms with van der Waals surface area (Å²) >= 11 is 0. The molecule has 0 fully saturated rings. The van der Waals surface area contributed by atoms with E-state index >= 15 is 0 Å². The molecule has 0 atom stereocenters. The Kier molecular flexibility index (Phi) is 8.34. The van der Waals surface area contributed by atoms with Gasteiger partial charge >= 0.3 is 0 Å². The SMILES string of the molecule is CC.CN(C=O)CCC(C)(C)C. The van der Waals surface area contributed by atoms with Crippen LogP contribution in [0.25, 0.3) is 0 Å². The lowest BCUT2D eigenvalue weighted by molar-refractivity contribution is -0.117. The lowest BCUT2D eigenvalue weighted by Gasteiger charge is -2.20. The molecule has 0 aromatic carbocycles. The second-order valence-electron chi connectivity index (χ2n) is 3.90. The summed E-state index contributed by atoms with van der Waals surface area (Å²) in [5.74, 6) is 0. The first kappa shape index (κ1) is 14.0. The van der Waals surface area contributed by atoms with Crippen LogP contribution in [0.1, 0.15) is 41.0 Å². The number of hydrogen-bond acceptors (Lipinski definition) is 1. The molecule has 0 aliphatic rings. The van der Waals surface area contributed by atoms with Crippen LogP contribution in [0.2, 0.25) is 0 Å². The van der Waals surface area contributed by atoms with Crippen molar-refractivity contribution < 1.29 is 4.79 Å². The summed E-state index contributed by atoms with van der Waals surface area (Å²) in [5, 5.41) is 0. The fourth-order valence-electron chi connectivity index (χ4n) is 0.564. The van der Waals surface area contributed by atoms with Gasteiger partial charge in [0.2, 0.25) is 6.41 Å². The molecule has 0 saturated carbocycles. The van der Waals surface area contributed by atoms with Crippen molar-refractivity contribution in [2.24, 2.45) is 5.41 Å². The van der Waals surface area contributed by atoms with Crippen molar-refractivity contribution in [3.63, 3.8) is 0 Å². The Morgan fingerprint density at radius 1 is 1.25 bits per heavy atom. The molecule has 0 bridgehead atoms. The summed E-state index contributed by atoms with van der Waals surface area (Å²) in [4.78, 5) is 11.8. The fourth-order valence-corrected chi connectivity index (χ4v) is 0.564. The van der Waals surface area contributed by atoms with Gasteiger partial charge in [0.15, 0.2) is 0 Å². The second kappa shape index (κ2) is 7.14. The summed E-state index contributed by atoms with van der Waals surface area (Å²) in [7, 11) is 1.80. The Morgan fingerprint density at radius 3 is 1.92 bits per heavy atom. The van der Waals surface area contributed by atoms with E-state index in [1.54, 1.807) is 11.9 Å². The average molecular weight is 173 g/mol. The molecule has 0 aliphatic heterocycles. The van der Waals surface area contributed by atoms with Crippen molar-refractivity contribution in [1.29, 1.82) is 0 Å². The quantitative estimate of drug-likeness (QED) is 0.601. The molecule has 0 unspecified atom stereocenters. The molecule has 74 valence electrons. The number of hydrogen-bond donors (Lipinski definition) is 0. The highest BCUT2D eigenvalue weighted by Crippen LogP contribution is 2.17. The van der Waals surface area contributed by atoms with Gasteiger partial charge in [-0.25, -0.2) is 0 Å². The minimum Gasteiger partial charge on any atom is -0.348 e. The highest BCUT2D eigenvalue weighted by atomic mass is 16.1. The molecule has 1 amide bonds. The van der Waals surface area contributed by atoms with Crippen LogP contribution in [0, 0.1) is 5.41 Å². The lowest BCUT2D eigenvalue weighted by atomic mass is 9.92. The number of carbonyl (C=O) groups excluding carboxylic acids is 1. The van der Waals surface area contributed by atoms with E-state index in [4.69, 9.17) is 0 Å². The van der Waals surface area contributed by atoms with Gasteiger partial charge in [0.25, 0.3) is 0 Å². The van der Waals surface area contributed by atoms with Gasteiger partial charge in [-0.15, -0.1) is 0 Å². The van der Waals surface area contributed by atoms with Gasteiger partial charge in [0, 0.05) is 13.6 Å². The maximum absolute atomic E-state index is 10.1.